The average molecular weight is 390 g/mol. The second-order valence-corrected chi connectivity index (χ2v) is 7.30. The van der Waals surface area contributed by atoms with E-state index in [1.165, 1.54) is 24.2 Å². The van der Waals surface area contributed by atoms with Crippen LogP contribution in [-0.4, -0.2) is 31.8 Å². The summed E-state index contributed by atoms with van der Waals surface area (Å²) in [5, 5.41) is 0.785. The number of nitrogens with zero attached hydrogens (tertiary/aromatic N) is 4. The molecule has 0 spiro atoms. The maximum Gasteiger partial charge on any atom is 0.319 e. The molecule has 8 heteroatoms. The Morgan fingerprint density at radius 1 is 1.22 bits per heavy atom. The van der Waals surface area contributed by atoms with Gasteiger partial charge in [-0.2, -0.15) is 8.78 Å². The highest BCUT2D eigenvalue weighted by molar-refractivity contribution is 7.98. The lowest BCUT2D eigenvalue weighted by Gasteiger charge is -2.16. The van der Waals surface area contributed by atoms with Gasteiger partial charge in [0.2, 0.25) is 0 Å². The van der Waals surface area contributed by atoms with Crippen LogP contribution in [-0.2, 0) is 17.0 Å². The van der Waals surface area contributed by atoms with Crippen LogP contribution < -0.4 is 0 Å². The topological polar surface area (TPSA) is 44.9 Å². The Bertz CT molecular complexity index is 875. The van der Waals surface area contributed by atoms with Gasteiger partial charge in [-0.15, -0.1) is 0 Å². The fraction of sp³-hybridized carbons (Fsp3) is 0.368. The number of rotatable bonds is 7. The van der Waals surface area contributed by atoms with Gasteiger partial charge in [0.05, 0.1) is 30.3 Å². The summed E-state index contributed by atoms with van der Waals surface area (Å²) in [5.41, 5.74) is 2.08. The molecule has 0 bridgehead atoms. The third-order valence-electron chi connectivity index (χ3n) is 4.59. The lowest BCUT2D eigenvalue weighted by atomic mass is 10.1. The molecular weight excluding hydrogens is 370 g/mol. The molecule has 3 aromatic rings. The van der Waals surface area contributed by atoms with E-state index in [0.717, 1.165) is 40.4 Å². The first-order chi connectivity index (χ1) is 13.2. The second-order valence-electron chi connectivity index (χ2n) is 6.35. The first-order valence-corrected chi connectivity index (χ1v) is 9.86. The van der Waals surface area contributed by atoms with Crippen molar-refractivity contribution in [2.24, 2.45) is 0 Å². The summed E-state index contributed by atoms with van der Waals surface area (Å²) >= 11 is 1.41. The zero-order valence-electron chi connectivity index (χ0n) is 14.7. The summed E-state index contributed by atoms with van der Waals surface area (Å²) in [5.74, 6) is 0.664. The molecule has 0 N–H and O–H groups in total. The van der Waals surface area contributed by atoms with Gasteiger partial charge in [-0.1, -0.05) is 42.1 Å². The van der Waals surface area contributed by atoms with E-state index in [-0.39, 0.29) is 6.10 Å². The van der Waals surface area contributed by atoms with E-state index in [4.69, 9.17) is 4.74 Å². The molecule has 4 rings (SSSR count). The number of imidazole rings is 2. The number of thioether (sulfide) groups is 1. The van der Waals surface area contributed by atoms with Crippen LogP contribution in [0.25, 0.3) is 11.3 Å². The van der Waals surface area contributed by atoms with Crippen molar-refractivity contribution in [3.05, 3.63) is 54.7 Å². The van der Waals surface area contributed by atoms with Gasteiger partial charge in [-0.25, -0.2) is 9.97 Å². The molecule has 1 aliphatic heterocycles. The third kappa shape index (κ3) is 4.06. The Kier molecular flexibility index (Phi) is 5.54. The minimum absolute atomic E-state index is 0.157. The van der Waals surface area contributed by atoms with E-state index in [1.807, 2.05) is 36.5 Å². The standard InChI is InChI=1S/C19H20F2N4OS/c20-18(21)24-9-8-22-17(24)13-27-19-23-11-16(14-5-2-1-3-6-14)25(19)12-15-7-4-10-26-15/h1-3,5-6,8-9,11,15,18H,4,7,10,12-13H2. The molecule has 0 radical (unpaired) electrons. The predicted octanol–water partition coefficient (Wildman–Crippen LogP) is 4.61. The quantitative estimate of drug-likeness (QED) is 0.553. The molecule has 1 unspecified atom stereocenters. The normalized spacial score (nSPS) is 17.1. The van der Waals surface area contributed by atoms with E-state index < -0.39 is 6.55 Å². The molecule has 1 fully saturated rings. The van der Waals surface area contributed by atoms with Crippen LogP contribution in [0.3, 0.4) is 0 Å². The van der Waals surface area contributed by atoms with Crippen molar-refractivity contribution >= 4 is 11.8 Å². The van der Waals surface area contributed by atoms with Crippen LogP contribution in [0, 0.1) is 0 Å². The highest BCUT2D eigenvalue weighted by atomic mass is 32.2. The minimum atomic E-state index is -2.59. The molecule has 3 heterocycles. The summed E-state index contributed by atoms with van der Waals surface area (Å²) in [7, 11) is 0. The van der Waals surface area contributed by atoms with Crippen LogP contribution in [0.1, 0.15) is 25.2 Å². The van der Waals surface area contributed by atoms with Crippen LogP contribution in [0.15, 0.2) is 54.1 Å². The van der Waals surface area contributed by atoms with Crippen molar-refractivity contribution in [2.75, 3.05) is 6.61 Å². The van der Waals surface area contributed by atoms with Crippen LogP contribution in [0.5, 0.6) is 0 Å². The Hall–Kier alpha value is -2.19. The van der Waals surface area contributed by atoms with Crippen LogP contribution >= 0.6 is 11.8 Å². The smallest absolute Gasteiger partial charge is 0.319 e. The van der Waals surface area contributed by atoms with Gasteiger partial charge in [0.15, 0.2) is 5.16 Å². The Morgan fingerprint density at radius 2 is 2.07 bits per heavy atom. The highest BCUT2D eigenvalue weighted by Gasteiger charge is 2.21. The zero-order chi connectivity index (χ0) is 18.6. The van der Waals surface area contributed by atoms with E-state index in [1.54, 1.807) is 0 Å². The monoisotopic (exact) mass is 390 g/mol. The van der Waals surface area contributed by atoms with E-state index in [2.05, 4.69) is 14.5 Å². The van der Waals surface area contributed by atoms with Crippen molar-refractivity contribution in [3.63, 3.8) is 0 Å². The number of benzene rings is 1. The number of hydrogen-bond acceptors (Lipinski definition) is 4. The molecule has 1 atom stereocenters. The van der Waals surface area contributed by atoms with Gasteiger partial charge < -0.3 is 9.30 Å². The first-order valence-electron chi connectivity index (χ1n) is 8.87. The SMILES string of the molecule is FC(F)n1ccnc1CSc1ncc(-c2ccccc2)n1CC1CCCO1. The number of aromatic nitrogens is 4. The minimum Gasteiger partial charge on any atom is -0.376 e. The van der Waals surface area contributed by atoms with Gasteiger partial charge in [0.25, 0.3) is 0 Å². The zero-order valence-corrected chi connectivity index (χ0v) is 15.5. The molecule has 0 amide bonds. The Labute approximate surface area is 160 Å². The van der Waals surface area contributed by atoms with Crippen molar-refractivity contribution in [3.8, 4) is 11.3 Å². The van der Waals surface area contributed by atoms with E-state index in [0.29, 0.717) is 18.1 Å². The van der Waals surface area contributed by atoms with Gasteiger partial charge >= 0.3 is 6.55 Å². The van der Waals surface area contributed by atoms with Gasteiger partial charge in [-0.3, -0.25) is 4.57 Å². The summed E-state index contributed by atoms with van der Waals surface area (Å²) in [4.78, 5) is 8.61. The maximum absolute atomic E-state index is 13.0. The number of halogens is 2. The fourth-order valence-corrected chi connectivity index (χ4v) is 4.18. The average Bonchev–Trinajstić information content (AvgIpc) is 3.42. The molecule has 0 aliphatic carbocycles. The van der Waals surface area contributed by atoms with Crippen LogP contribution in [0.4, 0.5) is 8.78 Å². The molecule has 1 aliphatic rings. The first kappa shape index (κ1) is 18.2. The number of ether oxygens (including phenoxy) is 1. The van der Waals surface area contributed by atoms with Crippen molar-refractivity contribution in [1.29, 1.82) is 0 Å². The second kappa shape index (κ2) is 8.22. The Morgan fingerprint density at radius 3 is 2.81 bits per heavy atom. The van der Waals surface area contributed by atoms with Gasteiger partial charge in [0.1, 0.15) is 5.82 Å². The number of hydrogen-bond donors (Lipinski definition) is 0. The summed E-state index contributed by atoms with van der Waals surface area (Å²) in [6, 6.07) is 10.0. The van der Waals surface area contributed by atoms with Crippen molar-refractivity contribution in [2.45, 2.75) is 42.9 Å². The molecule has 1 aromatic carbocycles. The maximum atomic E-state index is 13.0. The number of alkyl halides is 2. The molecule has 5 nitrogen and oxygen atoms in total. The van der Waals surface area contributed by atoms with Crippen LogP contribution in [0.2, 0.25) is 0 Å². The molecule has 142 valence electrons. The van der Waals surface area contributed by atoms with Crippen molar-refractivity contribution in [1.82, 2.24) is 19.1 Å². The Balaban J connectivity index is 1.59. The third-order valence-corrected chi connectivity index (χ3v) is 5.57. The van der Waals surface area contributed by atoms with E-state index >= 15 is 0 Å². The highest BCUT2D eigenvalue weighted by Crippen LogP contribution is 2.30. The molecular formula is C19H20F2N4OS. The lowest BCUT2D eigenvalue weighted by Crippen LogP contribution is -2.16. The van der Waals surface area contributed by atoms with Gasteiger partial charge in [0, 0.05) is 19.0 Å². The molecule has 0 saturated carbocycles. The molecule has 2 aromatic heterocycles. The largest absolute Gasteiger partial charge is 0.376 e. The lowest BCUT2D eigenvalue weighted by molar-refractivity contribution is 0.0678. The van der Waals surface area contributed by atoms with Gasteiger partial charge in [-0.05, 0) is 18.4 Å². The summed E-state index contributed by atoms with van der Waals surface area (Å²) in [6.45, 7) is -1.10. The fourth-order valence-electron chi connectivity index (χ4n) is 3.24. The molecule has 27 heavy (non-hydrogen) atoms. The van der Waals surface area contributed by atoms with E-state index in [9.17, 15) is 8.78 Å². The summed E-state index contributed by atoms with van der Waals surface area (Å²) < 4.78 is 34.9. The summed E-state index contributed by atoms with van der Waals surface area (Å²) in [6.07, 6.45) is 6.78. The predicted molar refractivity (Wildman–Crippen MR) is 99.7 cm³/mol. The van der Waals surface area contributed by atoms with Crippen molar-refractivity contribution < 1.29 is 13.5 Å². The molecule has 1 saturated heterocycles.